The van der Waals surface area contributed by atoms with E-state index in [4.69, 9.17) is 14.2 Å². The summed E-state index contributed by atoms with van der Waals surface area (Å²) in [4.78, 5) is 23.5. The molecule has 0 saturated carbocycles. The highest BCUT2D eigenvalue weighted by Crippen LogP contribution is 2.39. The Bertz CT molecular complexity index is 1560. The first-order valence-corrected chi connectivity index (χ1v) is 15.7. The maximum atomic E-state index is 12.1. The third-order valence-corrected chi connectivity index (χ3v) is 8.44. The maximum absolute atomic E-state index is 12.1. The van der Waals surface area contributed by atoms with Crippen LogP contribution in [0.4, 0.5) is 4.79 Å². The molecule has 3 N–H and O–H groups in total. The molecule has 1 aliphatic rings. The molecular formula is C33H37N5O6S. The molecule has 45 heavy (non-hydrogen) atoms. The number of hydrogen-bond acceptors (Lipinski definition) is 9. The Morgan fingerprint density at radius 1 is 1.00 bits per heavy atom. The lowest BCUT2D eigenvalue weighted by molar-refractivity contribution is -0.245. The fraction of sp³-hybridized carbons (Fsp3) is 0.333. The standard InChI is InChI=1S/C33H37N5O6S/c1-3-42-30(40)18-35-32(41)34-17-23-5-4-6-27(15-23)24-11-13-26(14-12-24)31-43-28(20-45-33-37-36-21-38(33)2)16-29(44-31)25-9-7-22(19-39)8-10-25/h4-15,21,28-29,31,39H,3,16-20H2,1-2H3,(H2,34,35,41)/t28-,29+,31+/m1/s1. The first-order chi connectivity index (χ1) is 21.9. The molecule has 2 amide bonds. The van der Waals surface area contributed by atoms with Gasteiger partial charge in [0.1, 0.15) is 12.9 Å². The van der Waals surface area contributed by atoms with Crippen LogP contribution in [0.15, 0.2) is 84.3 Å². The van der Waals surface area contributed by atoms with Gasteiger partial charge in [-0.2, -0.15) is 0 Å². The van der Waals surface area contributed by atoms with Gasteiger partial charge in [-0.1, -0.05) is 78.5 Å². The van der Waals surface area contributed by atoms with Gasteiger partial charge in [0.25, 0.3) is 0 Å². The van der Waals surface area contributed by atoms with Crippen LogP contribution >= 0.6 is 11.8 Å². The van der Waals surface area contributed by atoms with Crippen LogP contribution in [0.25, 0.3) is 11.1 Å². The number of aromatic nitrogens is 3. The van der Waals surface area contributed by atoms with E-state index in [1.807, 2.05) is 84.4 Å². The molecule has 3 aromatic carbocycles. The van der Waals surface area contributed by atoms with Crippen molar-refractivity contribution in [2.75, 3.05) is 18.9 Å². The van der Waals surface area contributed by atoms with E-state index < -0.39 is 18.3 Å². The van der Waals surface area contributed by atoms with Crippen molar-refractivity contribution in [2.24, 2.45) is 7.05 Å². The predicted octanol–water partition coefficient (Wildman–Crippen LogP) is 4.67. The van der Waals surface area contributed by atoms with Crippen LogP contribution in [0.3, 0.4) is 0 Å². The molecule has 0 spiro atoms. The molecule has 5 rings (SSSR count). The first kappa shape index (κ1) is 32.2. The zero-order chi connectivity index (χ0) is 31.6. The second-order valence-electron chi connectivity index (χ2n) is 10.5. The third-order valence-electron chi connectivity index (χ3n) is 7.28. The van der Waals surface area contributed by atoms with E-state index in [0.29, 0.717) is 18.7 Å². The van der Waals surface area contributed by atoms with Crippen molar-refractivity contribution in [2.45, 2.75) is 50.2 Å². The van der Waals surface area contributed by atoms with Crippen molar-refractivity contribution in [1.29, 1.82) is 0 Å². The zero-order valence-corrected chi connectivity index (χ0v) is 26.0. The SMILES string of the molecule is CCOC(=O)CNC(=O)NCc1cccc(-c2ccc([C@H]3O[C@@H](CSc4nncn4C)C[C@@H](c4ccc(CO)cc4)O3)cc2)c1. The third kappa shape index (κ3) is 8.92. The van der Waals surface area contributed by atoms with Gasteiger partial charge in [0.05, 0.1) is 25.4 Å². The number of aliphatic hydroxyl groups excluding tert-OH is 1. The van der Waals surface area contributed by atoms with Crippen molar-refractivity contribution in [1.82, 2.24) is 25.4 Å². The average Bonchev–Trinajstić information content (AvgIpc) is 3.50. The fourth-order valence-electron chi connectivity index (χ4n) is 4.90. The second-order valence-corrected chi connectivity index (χ2v) is 11.5. The van der Waals surface area contributed by atoms with E-state index >= 15 is 0 Å². The number of carbonyl (C=O) groups excluding carboxylic acids is 2. The van der Waals surface area contributed by atoms with Crippen molar-refractivity contribution in [3.8, 4) is 11.1 Å². The van der Waals surface area contributed by atoms with Crippen LogP contribution in [0.1, 0.15) is 48.0 Å². The summed E-state index contributed by atoms with van der Waals surface area (Å²) in [5.74, 6) is 0.211. The molecule has 1 aromatic heterocycles. The van der Waals surface area contributed by atoms with E-state index in [0.717, 1.165) is 38.5 Å². The molecule has 0 bridgehead atoms. The number of carbonyl (C=O) groups is 2. The normalized spacial score (nSPS) is 17.9. The zero-order valence-electron chi connectivity index (χ0n) is 25.2. The van der Waals surface area contributed by atoms with Crippen molar-refractivity contribution in [3.63, 3.8) is 0 Å². The molecule has 0 unspecified atom stereocenters. The first-order valence-electron chi connectivity index (χ1n) is 14.8. The van der Waals surface area contributed by atoms with Crippen LogP contribution < -0.4 is 10.6 Å². The number of benzene rings is 3. The Hall–Kier alpha value is -4.23. The highest BCUT2D eigenvalue weighted by molar-refractivity contribution is 7.99. The quantitative estimate of drug-likeness (QED) is 0.150. The van der Waals surface area contributed by atoms with Crippen LogP contribution in [-0.2, 0) is 39.2 Å². The summed E-state index contributed by atoms with van der Waals surface area (Å²) in [7, 11) is 1.92. The van der Waals surface area contributed by atoms with Gasteiger partial charge in [-0.15, -0.1) is 10.2 Å². The summed E-state index contributed by atoms with van der Waals surface area (Å²) in [5.41, 5.74) is 5.71. The Labute approximate surface area is 266 Å². The molecule has 12 heteroatoms. The van der Waals surface area contributed by atoms with Gasteiger partial charge in [-0.25, -0.2) is 4.79 Å². The minimum Gasteiger partial charge on any atom is -0.465 e. The molecule has 1 fully saturated rings. The van der Waals surface area contributed by atoms with E-state index in [-0.39, 0.29) is 32.0 Å². The minimum atomic E-state index is -0.566. The summed E-state index contributed by atoms with van der Waals surface area (Å²) in [6.07, 6.45) is 1.52. The van der Waals surface area contributed by atoms with E-state index in [1.54, 1.807) is 25.0 Å². The Morgan fingerprint density at radius 3 is 2.49 bits per heavy atom. The molecule has 4 aromatic rings. The van der Waals surface area contributed by atoms with Crippen molar-refractivity contribution >= 4 is 23.8 Å². The number of amides is 2. The van der Waals surface area contributed by atoms with Crippen molar-refractivity contribution < 1.29 is 28.9 Å². The van der Waals surface area contributed by atoms with E-state index in [1.165, 1.54) is 0 Å². The van der Waals surface area contributed by atoms with Gasteiger partial charge in [0.2, 0.25) is 0 Å². The molecule has 2 heterocycles. The van der Waals surface area contributed by atoms with E-state index in [2.05, 4.69) is 20.8 Å². The van der Waals surface area contributed by atoms with Gasteiger partial charge in [-0.3, -0.25) is 4.79 Å². The van der Waals surface area contributed by atoms with Gasteiger partial charge >= 0.3 is 12.0 Å². The molecular weight excluding hydrogens is 594 g/mol. The number of hydrogen-bond donors (Lipinski definition) is 3. The Balaban J connectivity index is 1.25. The van der Waals surface area contributed by atoms with Crippen molar-refractivity contribution in [3.05, 3.63) is 101 Å². The number of thioether (sulfide) groups is 1. The maximum Gasteiger partial charge on any atom is 0.325 e. The highest BCUT2D eigenvalue weighted by atomic mass is 32.2. The number of aryl methyl sites for hydroxylation is 1. The Morgan fingerprint density at radius 2 is 1.78 bits per heavy atom. The average molecular weight is 632 g/mol. The largest absolute Gasteiger partial charge is 0.465 e. The number of urea groups is 1. The molecule has 0 aliphatic carbocycles. The number of nitrogens with zero attached hydrogens (tertiary/aromatic N) is 3. The van der Waals surface area contributed by atoms with E-state index in [9.17, 15) is 14.7 Å². The van der Waals surface area contributed by atoms with Crippen LogP contribution in [-0.4, -0.2) is 56.9 Å². The molecule has 11 nitrogen and oxygen atoms in total. The van der Waals surface area contributed by atoms with Gasteiger partial charge in [0.15, 0.2) is 11.4 Å². The van der Waals surface area contributed by atoms with Crippen LogP contribution in [0.5, 0.6) is 0 Å². The minimum absolute atomic E-state index is 0.00721. The molecule has 236 valence electrons. The summed E-state index contributed by atoms with van der Waals surface area (Å²) >= 11 is 1.60. The number of esters is 1. The summed E-state index contributed by atoms with van der Waals surface area (Å²) in [6, 6.07) is 23.4. The Kier molecular flexibility index (Phi) is 11.2. The number of ether oxygens (including phenoxy) is 3. The highest BCUT2D eigenvalue weighted by Gasteiger charge is 2.32. The van der Waals surface area contributed by atoms with Crippen LogP contribution in [0.2, 0.25) is 0 Å². The summed E-state index contributed by atoms with van der Waals surface area (Å²) in [5, 5.41) is 23.7. The van der Waals surface area contributed by atoms with Crippen LogP contribution in [0, 0.1) is 0 Å². The lowest BCUT2D eigenvalue weighted by Crippen LogP contribution is -2.38. The number of nitrogens with one attached hydrogen (secondary N) is 2. The topological polar surface area (TPSA) is 137 Å². The van der Waals surface area contributed by atoms with Gasteiger partial charge in [-0.05, 0) is 40.8 Å². The molecule has 3 atom stereocenters. The smallest absolute Gasteiger partial charge is 0.325 e. The molecule has 0 radical (unpaired) electrons. The predicted molar refractivity (Wildman–Crippen MR) is 169 cm³/mol. The summed E-state index contributed by atoms with van der Waals surface area (Å²) in [6.45, 7) is 2.09. The monoisotopic (exact) mass is 631 g/mol. The van der Waals surface area contributed by atoms with Gasteiger partial charge in [0, 0.05) is 31.3 Å². The molecule has 1 saturated heterocycles. The van der Waals surface area contributed by atoms with Gasteiger partial charge < -0.3 is 34.5 Å². The second kappa shape index (κ2) is 15.7. The summed E-state index contributed by atoms with van der Waals surface area (Å²) < 4.78 is 19.7. The fourth-order valence-corrected chi connectivity index (χ4v) is 5.80. The lowest BCUT2D eigenvalue weighted by Gasteiger charge is -2.36. The number of aliphatic hydroxyl groups is 1. The number of rotatable bonds is 12. The lowest BCUT2D eigenvalue weighted by atomic mass is 9.99. The molecule has 1 aliphatic heterocycles.